The second-order valence-corrected chi connectivity index (χ2v) is 8.49. The smallest absolute Gasteiger partial charge is 0.339 e. The van der Waals surface area contributed by atoms with Gasteiger partial charge in [-0.15, -0.1) is 0 Å². The number of benzene rings is 3. The van der Waals surface area contributed by atoms with Crippen molar-refractivity contribution in [3.63, 3.8) is 0 Å². The standard InChI is InChI=1S/C28H21NO3/c30-26(18-12-13-21-19(15-18)14-17-6-1-2-7-20(17)21)16-32-28(31)27-22-8-3-4-10-24(22)29-25-11-5-9-23(25)27/h1-4,6-8,10,12-13,15H,5,9,11,14,16H2. The first kappa shape index (κ1) is 18.9. The van der Waals surface area contributed by atoms with Crippen LogP contribution in [0.15, 0.2) is 66.7 Å². The average molecular weight is 419 g/mol. The number of hydrogen-bond acceptors (Lipinski definition) is 4. The molecule has 0 N–H and O–H groups in total. The minimum absolute atomic E-state index is 0.188. The van der Waals surface area contributed by atoms with Crippen molar-refractivity contribution >= 4 is 22.7 Å². The number of hydrogen-bond donors (Lipinski definition) is 0. The van der Waals surface area contributed by atoms with Crippen LogP contribution in [-0.4, -0.2) is 23.3 Å². The first-order valence-electron chi connectivity index (χ1n) is 11.0. The second-order valence-electron chi connectivity index (χ2n) is 8.49. The molecule has 4 heteroatoms. The molecule has 3 aromatic carbocycles. The van der Waals surface area contributed by atoms with Crippen LogP contribution in [0.1, 0.15) is 49.5 Å². The van der Waals surface area contributed by atoms with Gasteiger partial charge in [-0.05, 0) is 65.6 Å². The number of para-hydroxylation sites is 1. The highest BCUT2D eigenvalue weighted by atomic mass is 16.5. The zero-order chi connectivity index (χ0) is 21.7. The van der Waals surface area contributed by atoms with Crippen molar-refractivity contribution in [1.29, 1.82) is 0 Å². The van der Waals surface area contributed by atoms with Gasteiger partial charge in [0.05, 0.1) is 11.1 Å². The van der Waals surface area contributed by atoms with E-state index in [1.54, 1.807) is 0 Å². The molecule has 0 amide bonds. The van der Waals surface area contributed by atoms with Gasteiger partial charge in [0.15, 0.2) is 12.4 Å². The molecule has 0 atom stereocenters. The zero-order valence-electron chi connectivity index (χ0n) is 17.6. The number of aromatic nitrogens is 1. The highest BCUT2D eigenvalue weighted by Crippen LogP contribution is 2.37. The van der Waals surface area contributed by atoms with Crippen molar-refractivity contribution in [1.82, 2.24) is 4.98 Å². The molecule has 2 aliphatic carbocycles. The largest absolute Gasteiger partial charge is 0.454 e. The van der Waals surface area contributed by atoms with Gasteiger partial charge in [0.1, 0.15) is 0 Å². The fourth-order valence-electron chi connectivity index (χ4n) is 5.05. The fourth-order valence-corrected chi connectivity index (χ4v) is 5.05. The Morgan fingerprint density at radius 1 is 0.875 bits per heavy atom. The normalized spacial score (nSPS) is 13.5. The summed E-state index contributed by atoms with van der Waals surface area (Å²) in [4.78, 5) is 30.7. The van der Waals surface area contributed by atoms with Crippen LogP contribution in [0.5, 0.6) is 0 Å². The summed E-state index contributed by atoms with van der Waals surface area (Å²) in [5, 5.41) is 0.792. The van der Waals surface area contributed by atoms with Gasteiger partial charge in [0.2, 0.25) is 0 Å². The van der Waals surface area contributed by atoms with Gasteiger partial charge >= 0.3 is 5.97 Å². The number of carbonyl (C=O) groups excluding carboxylic acids is 2. The third kappa shape index (κ3) is 3.02. The van der Waals surface area contributed by atoms with E-state index in [4.69, 9.17) is 9.72 Å². The first-order chi connectivity index (χ1) is 15.7. The maximum absolute atomic E-state index is 13.1. The number of ketones is 1. The molecule has 156 valence electrons. The Hall–Kier alpha value is -3.79. The average Bonchev–Trinajstić information content (AvgIpc) is 3.44. The Kier molecular flexibility index (Phi) is 4.39. The van der Waals surface area contributed by atoms with Crippen LogP contribution in [-0.2, 0) is 24.0 Å². The molecular formula is C28H21NO3. The maximum Gasteiger partial charge on any atom is 0.339 e. The summed E-state index contributed by atoms with van der Waals surface area (Å²) in [5.74, 6) is -0.629. The highest BCUT2D eigenvalue weighted by molar-refractivity contribution is 6.06. The van der Waals surface area contributed by atoms with Crippen LogP contribution in [0.25, 0.3) is 22.0 Å². The summed E-state index contributed by atoms with van der Waals surface area (Å²) < 4.78 is 5.54. The van der Waals surface area contributed by atoms with Gasteiger partial charge in [0, 0.05) is 16.6 Å². The molecule has 0 spiro atoms. The summed E-state index contributed by atoms with van der Waals surface area (Å²) >= 11 is 0. The van der Waals surface area contributed by atoms with Crippen molar-refractivity contribution in [2.75, 3.05) is 6.61 Å². The number of rotatable bonds is 4. The lowest BCUT2D eigenvalue weighted by molar-refractivity contribution is 0.0475. The topological polar surface area (TPSA) is 56.3 Å². The minimum atomic E-state index is -0.441. The monoisotopic (exact) mass is 419 g/mol. The molecule has 32 heavy (non-hydrogen) atoms. The van der Waals surface area contributed by atoms with Gasteiger partial charge < -0.3 is 4.74 Å². The molecule has 0 radical (unpaired) electrons. The van der Waals surface area contributed by atoms with Gasteiger partial charge in [0.25, 0.3) is 0 Å². The number of esters is 1. The number of aryl methyl sites for hydroxylation is 1. The van der Waals surface area contributed by atoms with Crippen molar-refractivity contribution in [3.05, 3.63) is 100 Å². The van der Waals surface area contributed by atoms with Crippen LogP contribution in [0, 0.1) is 0 Å². The minimum Gasteiger partial charge on any atom is -0.454 e. The first-order valence-corrected chi connectivity index (χ1v) is 11.0. The van der Waals surface area contributed by atoms with E-state index in [1.165, 1.54) is 16.7 Å². The number of fused-ring (bicyclic) bond motifs is 5. The molecule has 1 aromatic heterocycles. The van der Waals surface area contributed by atoms with E-state index in [0.29, 0.717) is 11.1 Å². The van der Waals surface area contributed by atoms with E-state index >= 15 is 0 Å². The zero-order valence-corrected chi connectivity index (χ0v) is 17.6. The fraction of sp³-hybridized carbons (Fsp3) is 0.179. The third-order valence-electron chi connectivity index (χ3n) is 6.57. The SMILES string of the molecule is O=C(COC(=O)c1c2c(nc3ccccc13)CCC2)c1ccc2c(c1)Cc1ccccc1-2. The van der Waals surface area contributed by atoms with Crippen molar-refractivity contribution in [2.24, 2.45) is 0 Å². The summed E-state index contributed by atoms with van der Waals surface area (Å²) in [7, 11) is 0. The molecular weight excluding hydrogens is 398 g/mol. The van der Waals surface area contributed by atoms with Gasteiger partial charge in [-0.3, -0.25) is 9.78 Å². The molecule has 6 rings (SSSR count). The molecule has 0 unspecified atom stereocenters. The Balaban J connectivity index is 1.24. The van der Waals surface area contributed by atoms with Gasteiger partial charge in [-0.1, -0.05) is 54.6 Å². The van der Waals surface area contributed by atoms with Gasteiger partial charge in [-0.25, -0.2) is 4.79 Å². The van der Waals surface area contributed by atoms with Crippen molar-refractivity contribution in [2.45, 2.75) is 25.7 Å². The lowest BCUT2D eigenvalue weighted by Crippen LogP contribution is -2.16. The van der Waals surface area contributed by atoms with E-state index in [9.17, 15) is 9.59 Å². The number of nitrogens with zero attached hydrogens (tertiary/aromatic N) is 1. The second kappa shape index (κ2) is 7.41. The van der Waals surface area contributed by atoms with Crippen molar-refractivity contribution in [3.8, 4) is 11.1 Å². The van der Waals surface area contributed by atoms with E-state index in [2.05, 4.69) is 12.1 Å². The van der Waals surface area contributed by atoms with Crippen LogP contribution in [0.3, 0.4) is 0 Å². The number of ether oxygens (including phenoxy) is 1. The predicted molar refractivity (Wildman–Crippen MR) is 123 cm³/mol. The molecule has 2 aliphatic rings. The highest BCUT2D eigenvalue weighted by Gasteiger charge is 2.25. The Bertz CT molecular complexity index is 1420. The third-order valence-corrected chi connectivity index (χ3v) is 6.57. The van der Waals surface area contributed by atoms with Crippen LogP contribution >= 0.6 is 0 Å². The molecule has 0 fully saturated rings. The Labute approximate surface area is 185 Å². The summed E-state index contributed by atoms with van der Waals surface area (Å²) in [6, 6.07) is 21.7. The van der Waals surface area contributed by atoms with E-state index in [0.717, 1.165) is 53.4 Å². The summed E-state index contributed by atoms with van der Waals surface area (Å²) in [6.45, 7) is -0.268. The van der Waals surface area contributed by atoms with E-state index < -0.39 is 5.97 Å². The molecule has 4 nitrogen and oxygen atoms in total. The van der Waals surface area contributed by atoms with Crippen molar-refractivity contribution < 1.29 is 14.3 Å². The molecule has 4 aromatic rings. The maximum atomic E-state index is 13.1. The Morgan fingerprint density at radius 3 is 2.62 bits per heavy atom. The van der Waals surface area contributed by atoms with E-state index in [-0.39, 0.29) is 12.4 Å². The molecule has 0 aliphatic heterocycles. The number of Topliss-reactive ketones (excluding diaryl/α,β-unsaturated/α-hetero) is 1. The number of carbonyl (C=O) groups is 2. The lowest BCUT2D eigenvalue weighted by Gasteiger charge is -2.12. The number of pyridine rings is 1. The molecule has 0 bridgehead atoms. The quantitative estimate of drug-likeness (QED) is 0.292. The predicted octanol–water partition coefficient (Wildman–Crippen LogP) is 5.33. The van der Waals surface area contributed by atoms with Gasteiger partial charge in [-0.2, -0.15) is 0 Å². The summed E-state index contributed by atoms with van der Waals surface area (Å²) in [5.41, 5.74) is 8.70. The molecule has 1 heterocycles. The Morgan fingerprint density at radius 2 is 1.69 bits per heavy atom. The van der Waals surface area contributed by atoms with Crippen LogP contribution < -0.4 is 0 Å². The van der Waals surface area contributed by atoms with Crippen LogP contribution in [0.4, 0.5) is 0 Å². The summed E-state index contributed by atoms with van der Waals surface area (Å²) in [6.07, 6.45) is 3.49. The molecule has 0 saturated carbocycles. The van der Waals surface area contributed by atoms with Crippen LogP contribution in [0.2, 0.25) is 0 Å². The molecule has 0 saturated heterocycles. The lowest BCUT2D eigenvalue weighted by atomic mass is 10.0. The van der Waals surface area contributed by atoms with E-state index in [1.807, 2.05) is 54.6 Å².